The zero-order valence-electron chi connectivity index (χ0n) is 7.87. The summed E-state index contributed by atoms with van der Waals surface area (Å²) in [4.78, 5) is 10.8. The van der Waals surface area contributed by atoms with Gasteiger partial charge in [-0.05, 0) is 43.1 Å². The summed E-state index contributed by atoms with van der Waals surface area (Å²) in [5, 5.41) is 9.83. The molecule has 14 heavy (non-hydrogen) atoms. The Labute approximate surface area is 85.2 Å². The van der Waals surface area contributed by atoms with Crippen molar-refractivity contribution in [3.8, 4) is 0 Å². The summed E-state index contributed by atoms with van der Waals surface area (Å²) < 4.78 is 5.28. The van der Waals surface area contributed by atoms with Crippen molar-refractivity contribution < 1.29 is 9.90 Å². The molecule has 0 atom stereocenters. The summed E-state index contributed by atoms with van der Waals surface area (Å²) in [6, 6.07) is 3.37. The minimum atomic E-state index is -0.888. The number of aryl methyl sites for hydroxylation is 2. The number of carboxylic acid groups (broad SMARTS) is 1. The summed E-state index contributed by atoms with van der Waals surface area (Å²) in [6.45, 7) is 3.80. The molecule has 1 heterocycles. The first-order valence-corrected chi connectivity index (χ1v) is 4.97. The topological polar surface area (TPSA) is 50.2 Å². The van der Waals surface area contributed by atoms with Gasteiger partial charge in [-0.3, -0.25) is 0 Å². The van der Waals surface area contributed by atoms with E-state index in [0.29, 0.717) is 5.56 Å². The van der Waals surface area contributed by atoms with E-state index in [0.717, 1.165) is 21.3 Å². The van der Waals surface area contributed by atoms with Crippen LogP contribution < -0.4 is 0 Å². The molecule has 3 nitrogen and oxygen atoms in total. The van der Waals surface area contributed by atoms with Crippen LogP contribution >= 0.6 is 11.5 Å². The second kappa shape index (κ2) is 3.06. The van der Waals surface area contributed by atoms with Crippen molar-refractivity contribution in [2.75, 3.05) is 0 Å². The number of aromatic nitrogens is 1. The highest BCUT2D eigenvalue weighted by atomic mass is 32.1. The summed E-state index contributed by atoms with van der Waals surface area (Å²) in [6.07, 6.45) is 0. The Hall–Kier alpha value is -1.42. The van der Waals surface area contributed by atoms with Gasteiger partial charge >= 0.3 is 5.97 Å². The molecule has 1 aromatic carbocycles. The lowest BCUT2D eigenvalue weighted by Crippen LogP contribution is -1.96. The fourth-order valence-electron chi connectivity index (χ4n) is 1.45. The SMILES string of the molecule is Cc1nsc2c(C)cc(C(=O)O)cc12. The number of rotatable bonds is 1. The Kier molecular flexibility index (Phi) is 2.00. The summed E-state index contributed by atoms with van der Waals surface area (Å²) in [7, 11) is 0. The third-order valence-electron chi connectivity index (χ3n) is 2.19. The Morgan fingerprint density at radius 1 is 1.43 bits per heavy atom. The predicted octanol–water partition coefficient (Wildman–Crippen LogP) is 2.61. The van der Waals surface area contributed by atoms with E-state index < -0.39 is 5.97 Å². The van der Waals surface area contributed by atoms with Crippen LogP contribution in [0.2, 0.25) is 0 Å². The smallest absolute Gasteiger partial charge is 0.335 e. The predicted molar refractivity (Wildman–Crippen MR) is 56.1 cm³/mol. The van der Waals surface area contributed by atoms with Crippen LogP contribution in [0.25, 0.3) is 10.1 Å². The number of hydrogen-bond donors (Lipinski definition) is 1. The number of hydrogen-bond acceptors (Lipinski definition) is 3. The molecular weight excluding hydrogens is 198 g/mol. The highest BCUT2D eigenvalue weighted by Gasteiger charge is 2.10. The molecule has 0 amide bonds. The molecule has 72 valence electrons. The van der Waals surface area contributed by atoms with Gasteiger partial charge in [0.15, 0.2) is 0 Å². The monoisotopic (exact) mass is 207 g/mol. The zero-order chi connectivity index (χ0) is 10.3. The molecule has 1 aromatic heterocycles. The molecule has 0 saturated carbocycles. The van der Waals surface area contributed by atoms with Gasteiger partial charge in [-0.2, -0.15) is 4.37 Å². The lowest BCUT2D eigenvalue weighted by molar-refractivity contribution is 0.0697. The molecule has 0 fully saturated rings. The molecule has 0 unspecified atom stereocenters. The number of carboxylic acids is 1. The van der Waals surface area contributed by atoms with Crippen LogP contribution in [-0.2, 0) is 0 Å². The highest BCUT2D eigenvalue weighted by Crippen LogP contribution is 2.26. The maximum absolute atomic E-state index is 10.8. The second-order valence-electron chi connectivity index (χ2n) is 3.24. The van der Waals surface area contributed by atoms with Gasteiger partial charge in [0.1, 0.15) is 0 Å². The summed E-state index contributed by atoms with van der Waals surface area (Å²) in [5.41, 5.74) is 2.21. The first-order chi connectivity index (χ1) is 6.59. The van der Waals surface area contributed by atoms with E-state index in [4.69, 9.17) is 5.11 Å². The fraction of sp³-hybridized carbons (Fsp3) is 0.200. The average Bonchev–Trinajstić information content (AvgIpc) is 2.48. The van der Waals surface area contributed by atoms with E-state index in [1.165, 1.54) is 11.5 Å². The zero-order valence-corrected chi connectivity index (χ0v) is 8.68. The standard InChI is InChI=1S/C10H9NO2S/c1-5-3-7(10(12)13)4-8-6(2)11-14-9(5)8/h3-4H,1-2H3,(H,12,13). The Morgan fingerprint density at radius 3 is 2.79 bits per heavy atom. The summed E-state index contributed by atoms with van der Waals surface area (Å²) >= 11 is 1.42. The van der Waals surface area contributed by atoms with Crippen LogP contribution in [0.3, 0.4) is 0 Å². The van der Waals surface area contributed by atoms with E-state index in [1.807, 2.05) is 13.8 Å². The Balaban J connectivity index is 2.82. The van der Waals surface area contributed by atoms with Crippen LogP contribution in [0.1, 0.15) is 21.6 Å². The van der Waals surface area contributed by atoms with Crippen molar-refractivity contribution in [2.24, 2.45) is 0 Å². The van der Waals surface area contributed by atoms with Crippen LogP contribution in [0.15, 0.2) is 12.1 Å². The molecule has 0 aliphatic heterocycles. The maximum Gasteiger partial charge on any atom is 0.335 e. The number of aromatic carboxylic acids is 1. The van der Waals surface area contributed by atoms with E-state index in [9.17, 15) is 4.79 Å². The van der Waals surface area contributed by atoms with Crippen LogP contribution in [0, 0.1) is 13.8 Å². The van der Waals surface area contributed by atoms with E-state index in [1.54, 1.807) is 12.1 Å². The van der Waals surface area contributed by atoms with Gasteiger partial charge in [-0.1, -0.05) is 0 Å². The molecule has 0 radical (unpaired) electrons. The van der Waals surface area contributed by atoms with Gasteiger partial charge in [-0.25, -0.2) is 4.79 Å². The van der Waals surface area contributed by atoms with Crippen LogP contribution in [0.5, 0.6) is 0 Å². The van der Waals surface area contributed by atoms with Crippen molar-refractivity contribution >= 4 is 27.6 Å². The molecular formula is C10H9NO2S. The van der Waals surface area contributed by atoms with Crippen molar-refractivity contribution in [1.29, 1.82) is 0 Å². The van der Waals surface area contributed by atoms with E-state index in [-0.39, 0.29) is 0 Å². The molecule has 4 heteroatoms. The van der Waals surface area contributed by atoms with Crippen LogP contribution in [-0.4, -0.2) is 15.4 Å². The number of nitrogens with zero attached hydrogens (tertiary/aromatic N) is 1. The van der Waals surface area contributed by atoms with Crippen molar-refractivity contribution in [3.05, 3.63) is 29.0 Å². The van der Waals surface area contributed by atoms with E-state index in [2.05, 4.69) is 4.37 Å². The van der Waals surface area contributed by atoms with Crippen LogP contribution in [0.4, 0.5) is 0 Å². The Bertz CT molecular complexity index is 516. The maximum atomic E-state index is 10.8. The van der Waals surface area contributed by atoms with Gasteiger partial charge in [-0.15, -0.1) is 0 Å². The average molecular weight is 207 g/mol. The third-order valence-corrected chi connectivity index (χ3v) is 3.27. The van der Waals surface area contributed by atoms with Crippen molar-refractivity contribution in [1.82, 2.24) is 4.37 Å². The molecule has 0 aliphatic carbocycles. The fourth-order valence-corrected chi connectivity index (χ4v) is 2.29. The third kappa shape index (κ3) is 1.28. The van der Waals surface area contributed by atoms with Gasteiger partial charge in [0.25, 0.3) is 0 Å². The first kappa shape index (κ1) is 9.15. The normalized spacial score (nSPS) is 10.7. The molecule has 2 aromatic rings. The van der Waals surface area contributed by atoms with Gasteiger partial charge in [0.05, 0.1) is 16.0 Å². The quantitative estimate of drug-likeness (QED) is 0.782. The molecule has 0 aliphatic rings. The van der Waals surface area contributed by atoms with E-state index >= 15 is 0 Å². The van der Waals surface area contributed by atoms with Crippen molar-refractivity contribution in [3.63, 3.8) is 0 Å². The molecule has 2 rings (SSSR count). The number of fused-ring (bicyclic) bond motifs is 1. The van der Waals surface area contributed by atoms with Gasteiger partial charge in [0, 0.05) is 5.39 Å². The lowest BCUT2D eigenvalue weighted by Gasteiger charge is -1.98. The molecule has 0 spiro atoms. The van der Waals surface area contributed by atoms with Gasteiger partial charge in [0.2, 0.25) is 0 Å². The first-order valence-electron chi connectivity index (χ1n) is 4.19. The molecule has 0 bridgehead atoms. The lowest BCUT2D eigenvalue weighted by atomic mass is 10.1. The molecule has 1 N–H and O–H groups in total. The minimum absolute atomic E-state index is 0.332. The Morgan fingerprint density at radius 2 is 2.14 bits per heavy atom. The summed E-state index contributed by atoms with van der Waals surface area (Å²) in [5.74, 6) is -0.888. The second-order valence-corrected chi connectivity index (χ2v) is 4.02. The number of carbonyl (C=O) groups is 1. The largest absolute Gasteiger partial charge is 0.478 e. The van der Waals surface area contributed by atoms with Gasteiger partial charge < -0.3 is 5.11 Å². The molecule has 0 saturated heterocycles. The highest BCUT2D eigenvalue weighted by molar-refractivity contribution is 7.13. The minimum Gasteiger partial charge on any atom is -0.478 e. The van der Waals surface area contributed by atoms with Crippen molar-refractivity contribution in [2.45, 2.75) is 13.8 Å². The number of benzene rings is 1.